The van der Waals surface area contributed by atoms with Crippen LogP contribution in [0.3, 0.4) is 0 Å². The largest absolute Gasteiger partial charge is 0.337 e. The minimum atomic E-state index is 0.0852. The number of aromatic nitrogens is 4. The second kappa shape index (κ2) is 8.02. The molecule has 1 aromatic carbocycles. The van der Waals surface area contributed by atoms with Crippen molar-refractivity contribution < 1.29 is 4.79 Å². The van der Waals surface area contributed by atoms with Crippen molar-refractivity contribution in [1.82, 2.24) is 24.6 Å². The van der Waals surface area contributed by atoms with Crippen LogP contribution in [0, 0.1) is 27.7 Å². The van der Waals surface area contributed by atoms with Gasteiger partial charge in [0, 0.05) is 43.0 Å². The third-order valence-electron chi connectivity index (χ3n) is 5.85. The Balaban J connectivity index is 1.35. The second-order valence-electron chi connectivity index (χ2n) is 8.39. The number of benzene rings is 1. The van der Waals surface area contributed by atoms with E-state index in [2.05, 4.69) is 46.1 Å². The van der Waals surface area contributed by atoms with Crippen LogP contribution in [-0.4, -0.2) is 56.7 Å². The molecule has 1 aliphatic rings. The zero-order valence-corrected chi connectivity index (χ0v) is 19.6. The molecule has 4 heterocycles. The summed E-state index contributed by atoms with van der Waals surface area (Å²) in [7, 11) is 0. The van der Waals surface area contributed by atoms with E-state index in [1.165, 1.54) is 16.9 Å². The Kier molecular flexibility index (Phi) is 5.17. The number of carbonyl (C=O) groups excluding carboxylic acids is 1. The number of carbonyl (C=O) groups is 1. The van der Waals surface area contributed by atoms with Crippen molar-refractivity contribution >= 4 is 33.4 Å². The molecule has 0 saturated carbocycles. The molecule has 1 aliphatic heterocycles. The molecule has 7 nitrogen and oxygen atoms in total. The molecular formula is C24H26N6OS. The van der Waals surface area contributed by atoms with Crippen molar-refractivity contribution in [3.05, 3.63) is 63.9 Å². The molecule has 0 bridgehead atoms. The summed E-state index contributed by atoms with van der Waals surface area (Å²) in [5, 5.41) is 5.74. The van der Waals surface area contributed by atoms with Gasteiger partial charge in [0.05, 0.1) is 16.3 Å². The van der Waals surface area contributed by atoms with E-state index >= 15 is 0 Å². The molecule has 0 radical (unpaired) electrons. The Labute approximate surface area is 191 Å². The molecule has 1 fully saturated rings. The molecular weight excluding hydrogens is 420 g/mol. The molecule has 8 heteroatoms. The third kappa shape index (κ3) is 3.75. The summed E-state index contributed by atoms with van der Waals surface area (Å²) in [6.45, 7) is 10.8. The first-order valence-electron chi connectivity index (χ1n) is 10.8. The Morgan fingerprint density at radius 2 is 1.56 bits per heavy atom. The highest BCUT2D eigenvalue weighted by atomic mass is 32.1. The van der Waals surface area contributed by atoms with Gasteiger partial charge in [0.2, 0.25) is 5.95 Å². The van der Waals surface area contributed by atoms with Crippen molar-refractivity contribution in [2.75, 3.05) is 31.1 Å². The first-order chi connectivity index (χ1) is 15.4. The molecule has 32 heavy (non-hydrogen) atoms. The van der Waals surface area contributed by atoms with Crippen LogP contribution in [0.4, 0.5) is 5.95 Å². The number of anilines is 1. The van der Waals surface area contributed by atoms with Crippen molar-refractivity contribution in [1.29, 1.82) is 0 Å². The van der Waals surface area contributed by atoms with Gasteiger partial charge >= 0.3 is 0 Å². The molecule has 1 saturated heterocycles. The molecule has 0 aliphatic carbocycles. The fourth-order valence-electron chi connectivity index (χ4n) is 4.13. The van der Waals surface area contributed by atoms with Gasteiger partial charge in [-0.05, 0) is 52.0 Å². The molecule has 0 N–H and O–H groups in total. The van der Waals surface area contributed by atoms with Crippen LogP contribution >= 0.6 is 11.3 Å². The summed E-state index contributed by atoms with van der Waals surface area (Å²) < 4.78 is 1.95. The van der Waals surface area contributed by atoms with Crippen LogP contribution in [-0.2, 0) is 0 Å². The van der Waals surface area contributed by atoms with Crippen LogP contribution in [0.1, 0.15) is 32.3 Å². The maximum absolute atomic E-state index is 13.3. The maximum Gasteiger partial charge on any atom is 0.264 e. The Hall–Kier alpha value is -3.26. The summed E-state index contributed by atoms with van der Waals surface area (Å²) in [5.74, 6) is 0.840. The average Bonchev–Trinajstić information content (AvgIpc) is 3.34. The van der Waals surface area contributed by atoms with Gasteiger partial charge in [-0.15, -0.1) is 11.3 Å². The van der Waals surface area contributed by atoms with Gasteiger partial charge in [-0.3, -0.25) is 4.79 Å². The van der Waals surface area contributed by atoms with Crippen LogP contribution < -0.4 is 4.90 Å². The SMILES string of the molecule is Cc1ccc(-n2nc(C)c3cc(C(=O)N4CCN(c5nc(C)cc(C)n5)CC4)sc32)cc1. The van der Waals surface area contributed by atoms with E-state index in [4.69, 9.17) is 5.10 Å². The summed E-state index contributed by atoms with van der Waals surface area (Å²) in [4.78, 5) is 28.3. The van der Waals surface area contributed by atoms with E-state index in [0.29, 0.717) is 13.1 Å². The number of piperazine rings is 1. The van der Waals surface area contributed by atoms with Crippen molar-refractivity contribution in [2.45, 2.75) is 27.7 Å². The summed E-state index contributed by atoms with van der Waals surface area (Å²) in [6, 6.07) is 12.3. The van der Waals surface area contributed by atoms with Gasteiger partial charge in [-0.25, -0.2) is 14.6 Å². The molecule has 5 rings (SSSR count). The Morgan fingerprint density at radius 1 is 0.906 bits per heavy atom. The lowest BCUT2D eigenvalue weighted by Gasteiger charge is -2.34. The van der Waals surface area contributed by atoms with E-state index in [0.717, 1.165) is 56.9 Å². The van der Waals surface area contributed by atoms with Gasteiger partial charge in [0.25, 0.3) is 5.91 Å². The van der Waals surface area contributed by atoms with Gasteiger partial charge in [0.1, 0.15) is 4.83 Å². The Morgan fingerprint density at radius 3 is 2.22 bits per heavy atom. The first-order valence-corrected chi connectivity index (χ1v) is 11.6. The van der Waals surface area contributed by atoms with Gasteiger partial charge < -0.3 is 9.80 Å². The highest BCUT2D eigenvalue weighted by Crippen LogP contribution is 2.31. The fraction of sp³-hybridized carbons (Fsp3) is 0.333. The zero-order chi connectivity index (χ0) is 22.4. The lowest BCUT2D eigenvalue weighted by Crippen LogP contribution is -2.49. The van der Waals surface area contributed by atoms with E-state index < -0.39 is 0 Å². The fourth-order valence-corrected chi connectivity index (χ4v) is 5.28. The Bertz CT molecular complexity index is 1280. The van der Waals surface area contributed by atoms with Gasteiger partial charge in [0.15, 0.2) is 0 Å². The standard InChI is InChI=1S/C24H26N6OS/c1-15-5-7-19(8-6-15)30-23-20(18(4)27-30)14-21(32-23)22(31)28-9-11-29(12-10-28)24-25-16(2)13-17(3)26-24/h5-8,13-14H,9-12H2,1-4H3. The van der Waals surface area contributed by atoms with Gasteiger partial charge in [-0.1, -0.05) is 17.7 Å². The number of aryl methyl sites for hydroxylation is 4. The smallest absolute Gasteiger partial charge is 0.264 e. The lowest BCUT2D eigenvalue weighted by molar-refractivity contribution is 0.0751. The molecule has 164 valence electrons. The van der Waals surface area contributed by atoms with E-state index in [1.54, 1.807) is 0 Å². The summed E-state index contributed by atoms with van der Waals surface area (Å²) >= 11 is 1.52. The normalized spacial score (nSPS) is 14.4. The lowest BCUT2D eigenvalue weighted by atomic mass is 10.2. The minimum absolute atomic E-state index is 0.0852. The second-order valence-corrected chi connectivity index (χ2v) is 9.42. The highest BCUT2D eigenvalue weighted by molar-refractivity contribution is 7.20. The number of amides is 1. The highest BCUT2D eigenvalue weighted by Gasteiger charge is 2.26. The topological polar surface area (TPSA) is 67.2 Å². The van der Waals surface area contributed by atoms with Gasteiger partial charge in [-0.2, -0.15) is 5.10 Å². The molecule has 0 unspecified atom stereocenters. The molecule has 0 atom stereocenters. The maximum atomic E-state index is 13.3. The molecule has 0 spiro atoms. The van der Waals surface area contributed by atoms with Crippen LogP contribution in [0.2, 0.25) is 0 Å². The molecule has 3 aromatic heterocycles. The predicted octanol–water partition coefficient (Wildman–Crippen LogP) is 4.07. The number of thiophene rings is 1. The minimum Gasteiger partial charge on any atom is -0.337 e. The average molecular weight is 447 g/mol. The number of hydrogen-bond acceptors (Lipinski definition) is 6. The predicted molar refractivity (Wildman–Crippen MR) is 128 cm³/mol. The number of rotatable bonds is 3. The number of hydrogen-bond donors (Lipinski definition) is 0. The third-order valence-corrected chi connectivity index (χ3v) is 6.95. The first kappa shape index (κ1) is 20.6. The number of fused-ring (bicyclic) bond motifs is 1. The molecule has 1 amide bonds. The van der Waals surface area contributed by atoms with E-state index in [-0.39, 0.29) is 5.91 Å². The number of nitrogens with zero attached hydrogens (tertiary/aromatic N) is 6. The van der Waals surface area contributed by atoms with E-state index in [9.17, 15) is 4.79 Å². The summed E-state index contributed by atoms with van der Waals surface area (Å²) in [5.41, 5.74) is 5.09. The van der Waals surface area contributed by atoms with Crippen LogP contribution in [0.5, 0.6) is 0 Å². The van der Waals surface area contributed by atoms with E-state index in [1.807, 2.05) is 42.5 Å². The van der Waals surface area contributed by atoms with Crippen molar-refractivity contribution in [3.8, 4) is 5.69 Å². The molecule has 4 aromatic rings. The monoisotopic (exact) mass is 446 g/mol. The van der Waals surface area contributed by atoms with Crippen LogP contribution in [0.15, 0.2) is 36.4 Å². The van der Waals surface area contributed by atoms with Crippen molar-refractivity contribution in [2.24, 2.45) is 0 Å². The quantitative estimate of drug-likeness (QED) is 0.475. The summed E-state index contributed by atoms with van der Waals surface area (Å²) in [6.07, 6.45) is 0. The van der Waals surface area contributed by atoms with Crippen LogP contribution in [0.25, 0.3) is 15.9 Å². The zero-order valence-electron chi connectivity index (χ0n) is 18.8. The van der Waals surface area contributed by atoms with Crippen molar-refractivity contribution in [3.63, 3.8) is 0 Å².